The van der Waals surface area contributed by atoms with Crippen LogP contribution in [0.25, 0.3) is 0 Å². The van der Waals surface area contributed by atoms with E-state index in [1.807, 2.05) is 39.8 Å². The molecule has 1 aromatic carbocycles. The molecule has 1 saturated heterocycles. The zero-order valence-electron chi connectivity index (χ0n) is 16.3. The van der Waals surface area contributed by atoms with Crippen molar-refractivity contribution in [2.75, 3.05) is 18.5 Å². The van der Waals surface area contributed by atoms with Crippen molar-refractivity contribution in [3.05, 3.63) is 23.8 Å². The van der Waals surface area contributed by atoms with E-state index in [1.54, 1.807) is 6.07 Å². The molecule has 0 saturated carbocycles. The van der Waals surface area contributed by atoms with E-state index >= 15 is 0 Å². The van der Waals surface area contributed by atoms with Gasteiger partial charge in [0.15, 0.2) is 0 Å². The summed E-state index contributed by atoms with van der Waals surface area (Å²) in [6.45, 7) is 8.47. The number of nitrogens with one attached hydrogen (secondary N) is 1. The number of ether oxygens (including phenoxy) is 3. The molecule has 8 nitrogen and oxygen atoms in total. The first-order chi connectivity index (χ1) is 12.7. The van der Waals surface area contributed by atoms with Crippen LogP contribution in [0, 0.1) is 0 Å². The van der Waals surface area contributed by atoms with Gasteiger partial charge in [-0.3, -0.25) is 0 Å². The Kier molecular flexibility index (Phi) is 7.44. The first-order valence-electron chi connectivity index (χ1n) is 9.12. The fourth-order valence-electron chi connectivity index (χ4n) is 2.78. The van der Waals surface area contributed by atoms with Crippen LogP contribution < -0.4 is 10.1 Å². The maximum atomic E-state index is 10.2. The Balaban J connectivity index is 2.25. The van der Waals surface area contributed by atoms with Gasteiger partial charge in [-0.1, -0.05) is 6.07 Å². The molecule has 27 heavy (non-hydrogen) atoms. The van der Waals surface area contributed by atoms with Crippen molar-refractivity contribution < 1.29 is 34.6 Å². The third-order valence-electron chi connectivity index (χ3n) is 4.12. The molecule has 5 unspecified atom stereocenters. The Morgan fingerprint density at radius 3 is 2.41 bits per heavy atom. The monoisotopic (exact) mass is 385 g/mol. The maximum absolute atomic E-state index is 10.2. The predicted molar refractivity (Wildman–Crippen MR) is 99.5 cm³/mol. The first kappa shape index (κ1) is 21.9. The third-order valence-corrected chi connectivity index (χ3v) is 4.12. The molecule has 2 rings (SSSR count). The Hall–Kier alpha value is -1.42. The van der Waals surface area contributed by atoms with E-state index in [2.05, 4.69) is 5.32 Å². The van der Waals surface area contributed by atoms with Crippen LogP contribution in [0.15, 0.2) is 18.2 Å². The van der Waals surface area contributed by atoms with Crippen LogP contribution in [0.2, 0.25) is 0 Å². The van der Waals surface area contributed by atoms with Gasteiger partial charge in [0.25, 0.3) is 0 Å². The highest BCUT2D eigenvalue weighted by atomic mass is 16.7. The molecule has 1 aliphatic heterocycles. The first-order valence-corrected chi connectivity index (χ1v) is 9.12. The van der Waals surface area contributed by atoms with Crippen LogP contribution >= 0.6 is 0 Å². The molecule has 1 heterocycles. The van der Waals surface area contributed by atoms with Gasteiger partial charge in [0.2, 0.25) is 6.29 Å². The van der Waals surface area contributed by atoms with Crippen molar-refractivity contribution in [1.82, 2.24) is 0 Å². The number of hydrogen-bond donors (Lipinski definition) is 5. The Labute approximate surface area is 159 Å². The molecule has 1 aromatic rings. The van der Waals surface area contributed by atoms with Crippen molar-refractivity contribution in [2.24, 2.45) is 0 Å². The third kappa shape index (κ3) is 5.78. The summed E-state index contributed by atoms with van der Waals surface area (Å²) < 4.78 is 16.7. The Morgan fingerprint density at radius 2 is 1.81 bits per heavy atom. The van der Waals surface area contributed by atoms with Gasteiger partial charge < -0.3 is 40.0 Å². The van der Waals surface area contributed by atoms with Gasteiger partial charge in [-0.2, -0.15) is 0 Å². The predicted octanol–water partition coefficient (Wildman–Crippen LogP) is 0.612. The number of benzene rings is 1. The summed E-state index contributed by atoms with van der Waals surface area (Å²) >= 11 is 0. The number of anilines is 1. The van der Waals surface area contributed by atoms with Crippen LogP contribution in [0.1, 0.15) is 33.3 Å². The largest absolute Gasteiger partial charge is 0.460 e. The molecule has 0 bridgehead atoms. The molecule has 5 N–H and O–H groups in total. The minimum Gasteiger partial charge on any atom is -0.460 e. The highest BCUT2D eigenvalue weighted by molar-refractivity contribution is 5.59. The van der Waals surface area contributed by atoms with Crippen molar-refractivity contribution in [1.29, 1.82) is 0 Å². The second kappa shape index (κ2) is 9.18. The smallest absolute Gasteiger partial charge is 0.229 e. The summed E-state index contributed by atoms with van der Waals surface area (Å²) in [5, 5.41) is 42.7. The van der Waals surface area contributed by atoms with Gasteiger partial charge in [0.05, 0.1) is 18.9 Å². The fourth-order valence-corrected chi connectivity index (χ4v) is 2.78. The van der Waals surface area contributed by atoms with E-state index in [0.717, 1.165) is 5.56 Å². The van der Waals surface area contributed by atoms with Crippen LogP contribution in [0.3, 0.4) is 0 Å². The molecule has 0 spiro atoms. The minimum absolute atomic E-state index is 0.252. The van der Waals surface area contributed by atoms with Gasteiger partial charge in [0.1, 0.15) is 30.2 Å². The number of hydrogen-bond acceptors (Lipinski definition) is 8. The van der Waals surface area contributed by atoms with Crippen molar-refractivity contribution in [3.8, 4) is 5.75 Å². The molecule has 0 aromatic heterocycles. The second-order valence-corrected chi connectivity index (χ2v) is 7.66. The average molecular weight is 385 g/mol. The number of rotatable bonds is 7. The second-order valence-electron chi connectivity index (χ2n) is 7.66. The zero-order valence-corrected chi connectivity index (χ0v) is 16.3. The lowest BCUT2D eigenvalue weighted by atomic mass is 9.99. The lowest BCUT2D eigenvalue weighted by molar-refractivity contribution is -0.277. The van der Waals surface area contributed by atoms with Crippen LogP contribution in [0.4, 0.5) is 5.69 Å². The van der Waals surface area contributed by atoms with Gasteiger partial charge in [-0.05, 0) is 45.4 Å². The summed E-state index contributed by atoms with van der Waals surface area (Å²) in [7, 11) is 0. The molecule has 0 aliphatic carbocycles. The van der Waals surface area contributed by atoms with E-state index in [4.69, 9.17) is 14.2 Å². The standard InChI is InChI=1S/C19H31NO7/c1-5-25-10-11-6-7-13(12(8-11)20-19(2,3)4)26-18-17(24)16(23)15(22)14(9-21)27-18/h6-8,14-18,20-24H,5,9-10H2,1-4H3. The van der Waals surface area contributed by atoms with E-state index < -0.39 is 37.3 Å². The molecule has 154 valence electrons. The van der Waals surface area contributed by atoms with Gasteiger partial charge in [-0.25, -0.2) is 0 Å². The van der Waals surface area contributed by atoms with E-state index in [0.29, 0.717) is 24.7 Å². The zero-order chi connectivity index (χ0) is 20.2. The van der Waals surface area contributed by atoms with Gasteiger partial charge in [-0.15, -0.1) is 0 Å². The van der Waals surface area contributed by atoms with Gasteiger partial charge >= 0.3 is 0 Å². The van der Waals surface area contributed by atoms with Crippen LogP contribution in [-0.4, -0.2) is 69.9 Å². The van der Waals surface area contributed by atoms with E-state index in [1.165, 1.54) is 0 Å². The molecule has 1 aliphatic rings. The van der Waals surface area contributed by atoms with Crippen LogP contribution in [0.5, 0.6) is 5.75 Å². The Bertz CT molecular complexity index is 602. The summed E-state index contributed by atoms with van der Waals surface area (Å²) in [5.41, 5.74) is 1.37. The number of aliphatic hydroxyl groups is 4. The molecular formula is C19H31NO7. The van der Waals surface area contributed by atoms with Crippen LogP contribution in [-0.2, 0) is 16.1 Å². The maximum Gasteiger partial charge on any atom is 0.229 e. The van der Waals surface area contributed by atoms with E-state index in [9.17, 15) is 20.4 Å². The molecule has 1 fully saturated rings. The fraction of sp³-hybridized carbons (Fsp3) is 0.684. The highest BCUT2D eigenvalue weighted by Crippen LogP contribution is 2.32. The summed E-state index contributed by atoms with van der Waals surface area (Å²) in [5.74, 6) is 0.412. The Morgan fingerprint density at radius 1 is 1.11 bits per heavy atom. The van der Waals surface area contributed by atoms with Crippen molar-refractivity contribution in [2.45, 2.75) is 70.5 Å². The summed E-state index contributed by atoms with van der Waals surface area (Å²) in [6.07, 6.45) is -6.64. The normalized spacial score (nSPS) is 28.8. The summed E-state index contributed by atoms with van der Waals surface area (Å²) in [4.78, 5) is 0. The molecule has 8 heteroatoms. The topological polar surface area (TPSA) is 121 Å². The van der Waals surface area contributed by atoms with Crippen molar-refractivity contribution in [3.63, 3.8) is 0 Å². The average Bonchev–Trinajstić information content (AvgIpc) is 2.60. The molecular weight excluding hydrogens is 354 g/mol. The van der Waals surface area contributed by atoms with Crippen molar-refractivity contribution >= 4 is 5.69 Å². The quantitative estimate of drug-likeness (QED) is 0.463. The number of aliphatic hydroxyl groups excluding tert-OH is 4. The van der Waals surface area contributed by atoms with Gasteiger partial charge in [0, 0.05) is 12.1 Å². The van der Waals surface area contributed by atoms with E-state index in [-0.39, 0.29) is 5.54 Å². The highest BCUT2D eigenvalue weighted by Gasteiger charge is 2.44. The lowest BCUT2D eigenvalue weighted by Crippen LogP contribution is -2.60. The molecule has 0 radical (unpaired) electrons. The molecule has 0 amide bonds. The SMILES string of the molecule is CCOCc1ccc(OC2OC(CO)C(O)C(O)C2O)c(NC(C)(C)C)c1. The lowest BCUT2D eigenvalue weighted by Gasteiger charge is -2.40. The molecule has 5 atom stereocenters. The minimum atomic E-state index is -1.49. The summed E-state index contributed by atoms with van der Waals surface area (Å²) in [6, 6.07) is 5.45.